The van der Waals surface area contributed by atoms with E-state index in [9.17, 15) is 19.8 Å². The van der Waals surface area contributed by atoms with Gasteiger partial charge < -0.3 is 19.7 Å². The minimum atomic E-state index is -0.815. The van der Waals surface area contributed by atoms with E-state index in [0.29, 0.717) is 36.1 Å². The van der Waals surface area contributed by atoms with E-state index >= 15 is 0 Å². The quantitative estimate of drug-likeness (QED) is 0.220. The van der Waals surface area contributed by atoms with Gasteiger partial charge in [0.15, 0.2) is 11.4 Å². The number of carbonyl (C=O) groups excluding carboxylic acids is 2. The highest BCUT2D eigenvalue weighted by molar-refractivity contribution is 7.10. The van der Waals surface area contributed by atoms with Gasteiger partial charge in [-0.05, 0) is 44.1 Å². The molecule has 1 fully saturated rings. The van der Waals surface area contributed by atoms with Gasteiger partial charge in [0, 0.05) is 40.9 Å². The Hall–Kier alpha value is -3.96. The Morgan fingerprint density at radius 2 is 1.30 bits per heavy atom. The number of allylic oxidation sites excluding steroid dienone is 11. The van der Waals surface area contributed by atoms with Crippen molar-refractivity contribution in [1.82, 2.24) is 9.97 Å². The molecule has 54 heavy (non-hydrogen) atoms. The van der Waals surface area contributed by atoms with E-state index in [-0.39, 0.29) is 17.3 Å². The molecule has 0 unspecified atom stereocenters. The van der Waals surface area contributed by atoms with Gasteiger partial charge in [0.05, 0.1) is 17.2 Å². The molecule has 7 atom stereocenters. The molecule has 2 aromatic rings. The summed E-state index contributed by atoms with van der Waals surface area (Å²) in [5.74, 6) is -0.0738. The van der Waals surface area contributed by atoms with Crippen molar-refractivity contribution in [3.63, 3.8) is 0 Å². The topological polar surface area (TPSA) is 119 Å². The highest BCUT2D eigenvalue weighted by atomic mass is 32.1. The fraction of sp³-hybridized carbons (Fsp3) is 0.455. The van der Waals surface area contributed by atoms with Crippen LogP contribution in [0.15, 0.2) is 102 Å². The number of ether oxygens (including phenoxy) is 2. The van der Waals surface area contributed by atoms with Crippen LogP contribution >= 0.6 is 22.7 Å². The number of fused-ring (bicyclic) bond motifs is 5. The lowest BCUT2D eigenvalue weighted by Crippen LogP contribution is -2.42. The molecule has 0 aromatic carbocycles. The molecule has 1 aliphatic heterocycles. The van der Waals surface area contributed by atoms with E-state index in [1.807, 2.05) is 90.2 Å². The van der Waals surface area contributed by atoms with Crippen molar-refractivity contribution in [2.75, 3.05) is 0 Å². The minimum Gasteiger partial charge on any atom is -0.457 e. The highest BCUT2D eigenvalue weighted by Gasteiger charge is 2.39. The number of esters is 2. The molecule has 0 radical (unpaired) electrons. The van der Waals surface area contributed by atoms with Gasteiger partial charge in [0.25, 0.3) is 0 Å². The van der Waals surface area contributed by atoms with Crippen LogP contribution in [0, 0.1) is 28.6 Å². The maximum Gasteiger partial charge on any atom is 0.358 e. The maximum atomic E-state index is 13.4. The second-order valence-electron chi connectivity index (χ2n) is 15.2. The van der Waals surface area contributed by atoms with E-state index in [1.165, 1.54) is 22.7 Å². The number of carbonyl (C=O) groups is 2. The number of hydrogen-bond donors (Lipinski definition) is 2. The Bertz CT molecular complexity index is 1790. The molecule has 290 valence electrons. The molecule has 8 nitrogen and oxygen atoms in total. The van der Waals surface area contributed by atoms with Crippen molar-refractivity contribution in [2.24, 2.45) is 28.6 Å². The lowest BCUT2D eigenvalue weighted by atomic mass is 9.79. The van der Waals surface area contributed by atoms with Gasteiger partial charge >= 0.3 is 11.9 Å². The van der Waals surface area contributed by atoms with Crippen molar-refractivity contribution in [2.45, 2.75) is 98.6 Å². The van der Waals surface area contributed by atoms with Crippen LogP contribution in [0.25, 0.3) is 6.08 Å². The van der Waals surface area contributed by atoms with Crippen LogP contribution in [0.1, 0.15) is 98.7 Å². The number of aromatic nitrogens is 2. The fourth-order valence-electron chi connectivity index (χ4n) is 5.99. The van der Waals surface area contributed by atoms with Gasteiger partial charge in [-0.1, -0.05) is 126 Å². The summed E-state index contributed by atoms with van der Waals surface area (Å²) in [6.45, 7) is 13.4. The number of aliphatic hydroxyl groups excluding tert-OH is 2. The monoisotopic (exact) mass is 772 g/mol. The first kappa shape index (κ1) is 42.8. The molecule has 4 bridgehead atoms. The van der Waals surface area contributed by atoms with Crippen LogP contribution in [-0.4, -0.2) is 56.5 Å². The molecule has 2 N–H and O–H groups in total. The molecule has 2 aliphatic rings. The third kappa shape index (κ3) is 12.3. The Morgan fingerprint density at radius 3 is 1.94 bits per heavy atom. The van der Waals surface area contributed by atoms with Crippen LogP contribution in [0.4, 0.5) is 0 Å². The second kappa shape index (κ2) is 20.1. The van der Waals surface area contributed by atoms with Crippen molar-refractivity contribution in [1.29, 1.82) is 0 Å². The predicted octanol–water partition coefficient (Wildman–Crippen LogP) is 9.68. The Labute approximate surface area is 329 Å². The first-order chi connectivity index (χ1) is 25.8. The zero-order valence-corrected chi connectivity index (χ0v) is 34.1. The predicted molar refractivity (Wildman–Crippen MR) is 220 cm³/mol. The molecular formula is C44H56N2O6S2. The van der Waals surface area contributed by atoms with Crippen LogP contribution in [-0.2, 0) is 15.9 Å². The molecular weight excluding hydrogens is 717 g/mol. The number of rotatable bonds is 6. The summed E-state index contributed by atoms with van der Waals surface area (Å²) in [6.07, 6.45) is 30.7. The molecule has 0 spiro atoms. The fourth-order valence-corrected chi connectivity index (χ4v) is 7.59. The van der Waals surface area contributed by atoms with E-state index in [2.05, 4.69) is 41.2 Å². The van der Waals surface area contributed by atoms with E-state index in [0.717, 1.165) is 11.4 Å². The van der Waals surface area contributed by atoms with Crippen molar-refractivity contribution in [3.05, 3.63) is 123 Å². The molecule has 3 heterocycles. The zero-order chi connectivity index (χ0) is 39.3. The Kier molecular flexibility index (Phi) is 15.9. The minimum absolute atomic E-state index is 0.169. The van der Waals surface area contributed by atoms with Crippen LogP contribution in [0.5, 0.6) is 0 Å². The van der Waals surface area contributed by atoms with E-state index in [1.54, 1.807) is 35.1 Å². The molecule has 4 rings (SSSR count). The average Bonchev–Trinajstić information content (AvgIpc) is 3.45. The Morgan fingerprint density at radius 1 is 0.741 bits per heavy atom. The summed E-state index contributed by atoms with van der Waals surface area (Å²) in [6, 6.07) is 0. The number of thiazole rings is 2. The summed E-state index contributed by atoms with van der Waals surface area (Å²) in [5.41, 5.74) is -0.984. The number of hydrogen-bond acceptors (Lipinski definition) is 10. The van der Waals surface area contributed by atoms with E-state index in [4.69, 9.17) is 9.47 Å². The number of nitrogens with zero attached hydrogens (tertiary/aromatic N) is 2. The molecule has 0 saturated heterocycles. The smallest absolute Gasteiger partial charge is 0.358 e. The third-order valence-corrected chi connectivity index (χ3v) is 11.7. The zero-order valence-electron chi connectivity index (χ0n) is 32.5. The van der Waals surface area contributed by atoms with Crippen molar-refractivity contribution in [3.8, 4) is 0 Å². The summed E-state index contributed by atoms with van der Waals surface area (Å²) in [4.78, 5) is 35.8. The van der Waals surface area contributed by atoms with Crippen LogP contribution in [0.3, 0.4) is 0 Å². The standard InChI is InChI=1S/C44H56N2O6S2/c1-8-18-35(47)43(4,5)37-23-14-12-10-11-13-20-30(3)26-40-46-34(29-54-40)42(50)52-38(44(6,7)36(48)19-9-2)24-17-22-32-27-31(32)21-15-16-25-39-45-33(28-53-39)41(49)51-37/h8-22,25,28-32,35-38,47-48H,23-24,26-27H2,1-7H3/b11-10-,14-12-,18-8+,19-9+,20-13+,21-15+,22-17-,25-16-/t30-,31+,32-,35-,36-,37-,38-/m0/s1. The van der Waals surface area contributed by atoms with Gasteiger partial charge in [0.1, 0.15) is 17.2 Å². The maximum absolute atomic E-state index is 13.4. The average molecular weight is 773 g/mol. The number of cyclic esters (lactones) is 2. The van der Waals surface area contributed by atoms with Crippen molar-refractivity contribution < 1.29 is 29.3 Å². The highest BCUT2D eigenvalue weighted by Crippen LogP contribution is 2.41. The largest absolute Gasteiger partial charge is 0.457 e. The Balaban J connectivity index is 1.56. The van der Waals surface area contributed by atoms with Gasteiger partial charge in [-0.3, -0.25) is 0 Å². The lowest BCUT2D eigenvalue weighted by Gasteiger charge is -2.36. The first-order valence-electron chi connectivity index (χ1n) is 18.7. The van der Waals surface area contributed by atoms with Crippen LogP contribution < -0.4 is 0 Å². The summed E-state index contributed by atoms with van der Waals surface area (Å²) in [5, 5.41) is 26.8. The summed E-state index contributed by atoms with van der Waals surface area (Å²) in [7, 11) is 0. The molecule has 0 amide bonds. The molecule has 1 saturated carbocycles. The van der Waals surface area contributed by atoms with Crippen molar-refractivity contribution >= 4 is 40.7 Å². The van der Waals surface area contributed by atoms with E-state index < -0.39 is 47.2 Å². The second-order valence-corrected chi connectivity index (χ2v) is 17.0. The molecule has 10 heteroatoms. The van der Waals surface area contributed by atoms with Gasteiger partial charge in [0.2, 0.25) is 0 Å². The van der Waals surface area contributed by atoms with Crippen LogP contribution in [0.2, 0.25) is 0 Å². The third-order valence-electron chi connectivity index (χ3n) is 10.0. The summed E-state index contributed by atoms with van der Waals surface area (Å²) >= 11 is 2.80. The lowest BCUT2D eigenvalue weighted by molar-refractivity contribution is -0.0461. The molecule has 2 aromatic heterocycles. The van der Waals surface area contributed by atoms with Gasteiger partial charge in [-0.2, -0.15) is 0 Å². The normalized spacial score (nSPS) is 28.6. The first-order valence-corrected chi connectivity index (χ1v) is 20.5. The molecule has 1 aliphatic carbocycles. The SMILES string of the molecule is C/C=C/[C@H](O)C(C)(C)[C@@H]1C\C=C/C=C\C=C\[C@H](C)Cc2nc(cs2)C(=O)O[C@H](C(C)(C)[C@@H](O)/C=C/C)C/C=C\[C@H]2C[C@H]2/C=C/C=C\c2nc(cs2)C(=O)O1. The summed E-state index contributed by atoms with van der Waals surface area (Å²) < 4.78 is 12.1. The van der Waals surface area contributed by atoms with Gasteiger partial charge in [-0.15, -0.1) is 22.7 Å². The van der Waals surface area contributed by atoms with Gasteiger partial charge in [-0.25, -0.2) is 19.6 Å². The number of aliphatic hydroxyl groups is 2.